The van der Waals surface area contributed by atoms with E-state index in [2.05, 4.69) is 11.4 Å². The summed E-state index contributed by atoms with van der Waals surface area (Å²) in [4.78, 5) is 10.9. The molecule has 0 aromatic heterocycles. The summed E-state index contributed by atoms with van der Waals surface area (Å²) in [6.07, 6.45) is 3.00. The molecule has 1 aliphatic rings. The van der Waals surface area contributed by atoms with Crippen LogP contribution in [-0.4, -0.2) is 5.91 Å². The average Bonchev–Trinajstić information content (AvgIpc) is 2.27. The Morgan fingerprint density at radius 1 is 1.56 bits per heavy atom. The minimum Gasteiger partial charge on any atom is -0.326 e. The van der Waals surface area contributed by atoms with Gasteiger partial charge in [-0.15, -0.1) is 0 Å². The number of hydrogen-bond acceptors (Lipinski definition) is 2. The van der Waals surface area contributed by atoms with Gasteiger partial charge in [0.05, 0.1) is 12.0 Å². The first-order chi connectivity index (χ1) is 7.70. The lowest BCUT2D eigenvalue weighted by Crippen LogP contribution is -2.11. The molecule has 0 aliphatic heterocycles. The maximum absolute atomic E-state index is 10.9. The van der Waals surface area contributed by atoms with Crippen molar-refractivity contribution in [1.29, 1.82) is 5.26 Å². The average molecular weight is 214 g/mol. The number of carbonyl (C=O) groups is 1. The van der Waals surface area contributed by atoms with Gasteiger partial charge in [0.25, 0.3) is 0 Å². The van der Waals surface area contributed by atoms with Gasteiger partial charge in [0, 0.05) is 12.6 Å². The molecule has 1 amide bonds. The first-order valence-electron chi connectivity index (χ1n) is 5.50. The van der Waals surface area contributed by atoms with Crippen molar-refractivity contribution in [3.05, 3.63) is 29.3 Å². The quantitative estimate of drug-likeness (QED) is 0.781. The van der Waals surface area contributed by atoms with E-state index < -0.39 is 0 Å². The van der Waals surface area contributed by atoms with Gasteiger partial charge in [0.2, 0.25) is 5.91 Å². The van der Waals surface area contributed by atoms with Gasteiger partial charge in [-0.2, -0.15) is 5.26 Å². The van der Waals surface area contributed by atoms with Crippen LogP contribution < -0.4 is 5.32 Å². The van der Waals surface area contributed by atoms with E-state index in [1.54, 1.807) is 0 Å². The van der Waals surface area contributed by atoms with Crippen molar-refractivity contribution >= 4 is 11.6 Å². The molecule has 0 fully saturated rings. The molecule has 1 unspecified atom stereocenters. The van der Waals surface area contributed by atoms with E-state index >= 15 is 0 Å². The zero-order valence-corrected chi connectivity index (χ0v) is 9.29. The number of aryl methyl sites for hydroxylation is 1. The summed E-state index contributed by atoms with van der Waals surface area (Å²) in [5, 5.41) is 11.8. The number of amides is 1. The highest BCUT2D eigenvalue weighted by Crippen LogP contribution is 2.32. The molecular formula is C13H14N2O. The lowest BCUT2D eigenvalue weighted by Gasteiger charge is -2.21. The van der Waals surface area contributed by atoms with Crippen LogP contribution in [0, 0.1) is 11.3 Å². The van der Waals surface area contributed by atoms with Crippen LogP contribution in [0.4, 0.5) is 5.69 Å². The number of anilines is 1. The highest BCUT2D eigenvalue weighted by Gasteiger charge is 2.19. The molecular weight excluding hydrogens is 200 g/mol. The second kappa shape index (κ2) is 4.36. The van der Waals surface area contributed by atoms with Crippen molar-refractivity contribution in [1.82, 2.24) is 0 Å². The Labute approximate surface area is 95.1 Å². The first-order valence-corrected chi connectivity index (χ1v) is 5.50. The SMILES string of the molecule is CC(=O)Nc1ccc2c(c1)CCCC2C#N. The van der Waals surface area contributed by atoms with Crippen molar-refractivity contribution in [2.24, 2.45) is 0 Å². The van der Waals surface area contributed by atoms with Crippen LogP contribution in [0.1, 0.15) is 36.8 Å². The van der Waals surface area contributed by atoms with Crippen molar-refractivity contribution < 1.29 is 4.79 Å². The van der Waals surface area contributed by atoms with Gasteiger partial charge in [-0.25, -0.2) is 0 Å². The highest BCUT2D eigenvalue weighted by molar-refractivity contribution is 5.88. The van der Waals surface area contributed by atoms with Crippen LogP contribution >= 0.6 is 0 Å². The predicted octanol–water partition coefficient (Wildman–Crippen LogP) is 2.59. The van der Waals surface area contributed by atoms with Gasteiger partial charge in [-0.05, 0) is 42.5 Å². The summed E-state index contributed by atoms with van der Waals surface area (Å²) >= 11 is 0. The molecule has 82 valence electrons. The van der Waals surface area contributed by atoms with E-state index in [4.69, 9.17) is 5.26 Å². The van der Waals surface area contributed by atoms with Crippen LogP contribution in [-0.2, 0) is 11.2 Å². The van der Waals surface area contributed by atoms with Crippen LogP contribution in [0.3, 0.4) is 0 Å². The number of hydrogen-bond donors (Lipinski definition) is 1. The fourth-order valence-corrected chi connectivity index (χ4v) is 2.23. The molecule has 0 spiro atoms. The van der Waals surface area contributed by atoms with Crippen LogP contribution in [0.2, 0.25) is 0 Å². The molecule has 0 radical (unpaired) electrons. The number of nitrogens with one attached hydrogen (secondary N) is 1. The zero-order valence-electron chi connectivity index (χ0n) is 9.29. The molecule has 0 heterocycles. The van der Waals surface area contributed by atoms with Crippen molar-refractivity contribution in [3.8, 4) is 6.07 Å². The topological polar surface area (TPSA) is 52.9 Å². The monoisotopic (exact) mass is 214 g/mol. The number of fused-ring (bicyclic) bond motifs is 1. The zero-order chi connectivity index (χ0) is 11.5. The Balaban J connectivity index is 2.32. The number of nitrogens with zero attached hydrogens (tertiary/aromatic N) is 1. The number of carbonyl (C=O) groups excluding carboxylic acids is 1. The minimum absolute atomic E-state index is 0.0233. The van der Waals surface area contributed by atoms with E-state index in [-0.39, 0.29) is 11.8 Å². The highest BCUT2D eigenvalue weighted by atomic mass is 16.1. The van der Waals surface area contributed by atoms with E-state index in [0.29, 0.717) is 0 Å². The molecule has 0 saturated heterocycles. The van der Waals surface area contributed by atoms with E-state index in [1.165, 1.54) is 12.5 Å². The van der Waals surface area contributed by atoms with Gasteiger partial charge in [0.1, 0.15) is 0 Å². The fourth-order valence-electron chi connectivity index (χ4n) is 2.23. The summed E-state index contributed by atoms with van der Waals surface area (Å²) in [6.45, 7) is 1.50. The molecule has 1 aromatic rings. The Hall–Kier alpha value is -1.82. The second-order valence-electron chi connectivity index (χ2n) is 4.17. The largest absolute Gasteiger partial charge is 0.326 e. The summed E-state index contributed by atoms with van der Waals surface area (Å²) < 4.78 is 0. The van der Waals surface area contributed by atoms with Gasteiger partial charge in [-0.1, -0.05) is 6.07 Å². The third-order valence-electron chi connectivity index (χ3n) is 2.93. The van der Waals surface area contributed by atoms with Gasteiger partial charge in [0.15, 0.2) is 0 Å². The number of rotatable bonds is 1. The Morgan fingerprint density at radius 2 is 2.38 bits per heavy atom. The normalized spacial score (nSPS) is 18.4. The van der Waals surface area contributed by atoms with Crippen molar-refractivity contribution in [2.45, 2.75) is 32.1 Å². The Kier molecular flexibility index (Phi) is 2.91. The third kappa shape index (κ3) is 2.06. The molecule has 3 heteroatoms. The maximum atomic E-state index is 10.9. The Bertz CT molecular complexity index is 459. The molecule has 0 saturated carbocycles. The second-order valence-corrected chi connectivity index (χ2v) is 4.17. The van der Waals surface area contributed by atoms with E-state index in [1.807, 2.05) is 18.2 Å². The fraction of sp³-hybridized carbons (Fsp3) is 0.385. The molecule has 1 N–H and O–H groups in total. The van der Waals surface area contributed by atoms with E-state index in [9.17, 15) is 4.79 Å². The van der Waals surface area contributed by atoms with Gasteiger partial charge < -0.3 is 5.32 Å². The first kappa shape index (κ1) is 10.7. The summed E-state index contributed by atoms with van der Waals surface area (Å²) in [6, 6.07) is 8.16. The standard InChI is InChI=1S/C13H14N2O/c1-9(16)15-12-5-6-13-10(7-12)3-2-4-11(13)8-14/h5-7,11H,2-4H2,1H3,(H,15,16). The number of nitriles is 1. The van der Waals surface area contributed by atoms with Gasteiger partial charge in [-0.3, -0.25) is 4.79 Å². The molecule has 1 aromatic carbocycles. The van der Waals surface area contributed by atoms with Gasteiger partial charge >= 0.3 is 0 Å². The molecule has 1 atom stereocenters. The van der Waals surface area contributed by atoms with E-state index in [0.717, 1.165) is 30.5 Å². The Morgan fingerprint density at radius 3 is 3.06 bits per heavy atom. The number of benzene rings is 1. The molecule has 0 bridgehead atoms. The van der Waals surface area contributed by atoms with Crippen LogP contribution in [0.15, 0.2) is 18.2 Å². The van der Waals surface area contributed by atoms with Crippen LogP contribution in [0.25, 0.3) is 0 Å². The lowest BCUT2D eigenvalue weighted by atomic mass is 9.83. The maximum Gasteiger partial charge on any atom is 0.221 e. The summed E-state index contributed by atoms with van der Waals surface area (Å²) in [7, 11) is 0. The molecule has 1 aliphatic carbocycles. The summed E-state index contributed by atoms with van der Waals surface area (Å²) in [5.41, 5.74) is 3.15. The predicted molar refractivity (Wildman–Crippen MR) is 62.0 cm³/mol. The molecule has 3 nitrogen and oxygen atoms in total. The van der Waals surface area contributed by atoms with Crippen molar-refractivity contribution in [3.63, 3.8) is 0 Å². The van der Waals surface area contributed by atoms with Crippen LogP contribution in [0.5, 0.6) is 0 Å². The third-order valence-corrected chi connectivity index (χ3v) is 2.93. The van der Waals surface area contributed by atoms with Crippen molar-refractivity contribution in [2.75, 3.05) is 5.32 Å². The minimum atomic E-state index is -0.0624. The summed E-state index contributed by atoms with van der Waals surface area (Å²) in [5.74, 6) is -0.0391. The lowest BCUT2D eigenvalue weighted by molar-refractivity contribution is -0.114. The smallest absolute Gasteiger partial charge is 0.221 e. The molecule has 16 heavy (non-hydrogen) atoms. The molecule has 2 rings (SSSR count).